The van der Waals surface area contributed by atoms with E-state index in [1.807, 2.05) is 64.5 Å². The number of carbonyl (C=O) groups is 1. The van der Waals surface area contributed by atoms with Gasteiger partial charge in [-0.3, -0.25) is 9.20 Å². The van der Waals surface area contributed by atoms with E-state index in [0.717, 1.165) is 27.5 Å². The van der Waals surface area contributed by atoms with Gasteiger partial charge in [-0.05, 0) is 18.1 Å². The maximum atomic E-state index is 12.4. The molecule has 0 spiro atoms. The highest BCUT2D eigenvalue weighted by Crippen LogP contribution is 2.23. The molecule has 4 rings (SSSR count). The van der Waals surface area contributed by atoms with Crippen molar-refractivity contribution in [2.75, 3.05) is 0 Å². The lowest BCUT2D eigenvalue weighted by Gasteiger charge is -2.07. The molecule has 0 unspecified atom stereocenters. The van der Waals surface area contributed by atoms with Gasteiger partial charge in [0.15, 0.2) is 4.96 Å². The second-order valence-corrected chi connectivity index (χ2v) is 7.09. The van der Waals surface area contributed by atoms with Gasteiger partial charge in [0.05, 0.1) is 12.1 Å². The van der Waals surface area contributed by atoms with Crippen molar-refractivity contribution in [1.82, 2.24) is 14.7 Å². The topological polar surface area (TPSA) is 46.4 Å². The second-order valence-electron chi connectivity index (χ2n) is 6.25. The minimum Gasteiger partial charge on any atom is -0.352 e. The molecule has 0 bridgehead atoms. The van der Waals surface area contributed by atoms with Crippen LogP contribution in [0.25, 0.3) is 16.2 Å². The molecule has 4 aromatic rings. The van der Waals surface area contributed by atoms with Crippen LogP contribution >= 0.6 is 11.3 Å². The van der Waals surface area contributed by atoms with Gasteiger partial charge in [0.1, 0.15) is 0 Å². The van der Waals surface area contributed by atoms with Gasteiger partial charge < -0.3 is 5.32 Å². The molecule has 1 N–H and O–H groups in total. The average molecular weight is 361 g/mol. The summed E-state index contributed by atoms with van der Waals surface area (Å²) in [6, 6.07) is 18.2. The third-order valence-corrected chi connectivity index (χ3v) is 5.32. The zero-order chi connectivity index (χ0) is 17.9. The zero-order valence-corrected chi connectivity index (χ0v) is 15.3. The maximum Gasteiger partial charge on any atom is 0.226 e. The first-order chi connectivity index (χ1) is 12.7. The lowest BCUT2D eigenvalue weighted by Crippen LogP contribution is -2.25. The summed E-state index contributed by atoms with van der Waals surface area (Å²) in [5.41, 5.74) is 5.30. The number of carbonyl (C=O) groups excluding carboxylic acids is 1. The zero-order valence-electron chi connectivity index (χ0n) is 14.5. The molecule has 0 saturated carbocycles. The number of nitrogens with zero attached hydrogens (tertiary/aromatic N) is 2. The molecule has 0 aliphatic heterocycles. The van der Waals surface area contributed by atoms with Crippen LogP contribution in [-0.4, -0.2) is 15.3 Å². The highest BCUT2D eigenvalue weighted by atomic mass is 32.1. The molecule has 0 saturated heterocycles. The van der Waals surface area contributed by atoms with Crippen LogP contribution in [0.2, 0.25) is 0 Å². The van der Waals surface area contributed by atoms with Crippen LogP contribution in [0.4, 0.5) is 0 Å². The van der Waals surface area contributed by atoms with E-state index in [2.05, 4.69) is 23.3 Å². The number of benzene rings is 2. The fraction of sp³-hybridized carbons (Fsp3) is 0.143. The molecule has 130 valence electrons. The van der Waals surface area contributed by atoms with E-state index in [4.69, 9.17) is 0 Å². The summed E-state index contributed by atoms with van der Waals surface area (Å²) in [5.74, 6) is 0.0166. The summed E-state index contributed by atoms with van der Waals surface area (Å²) < 4.78 is 2.01. The second kappa shape index (κ2) is 7.14. The lowest BCUT2D eigenvalue weighted by atomic mass is 10.1. The Bertz CT molecular complexity index is 1050. The average Bonchev–Trinajstić information content (AvgIpc) is 3.24. The number of hydrogen-bond donors (Lipinski definition) is 1. The number of nitrogens with one attached hydrogen (secondary N) is 1. The van der Waals surface area contributed by atoms with Gasteiger partial charge in [0.2, 0.25) is 5.91 Å². The number of amides is 1. The summed E-state index contributed by atoms with van der Waals surface area (Å²) in [7, 11) is 0. The number of thiazole rings is 1. The van der Waals surface area contributed by atoms with Crippen LogP contribution in [0.1, 0.15) is 16.8 Å². The molecule has 2 aromatic carbocycles. The molecule has 0 fully saturated rings. The van der Waals surface area contributed by atoms with Gasteiger partial charge in [-0.2, -0.15) is 0 Å². The van der Waals surface area contributed by atoms with Gasteiger partial charge in [0.25, 0.3) is 0 Å². The van der Waals surface area contributed by atoms with Gasteiger partial charge in [-0.15, -0.1) is 11.3 Å². The highest BCUT2D eigenvalue weighted by Gasteiger charge is 2.12. The molecule has 5 heteroatoms. The highest BCUT2D eigenvalue weighted by molar-refractivity contribution is 7.15. The molecular weight excluding hydrogens is 342 g/mol. The van der Waals surface area contributed by atoms with Gasteiger partial charge in [-0.1, -0.05) is 54.6 Å². The Morgan fingerprint density at radius 1 is 1.12 bits per heavy atom. The Kier molecular flexibility index (Phi) is 4.54. The van der Waals surface area contributed by atoms with Crippen LogP contribution < -0.4 is 5.32 Å². The first kappa shape index (κ1) is 16.5. The van der Waals surface area contributed by atoms with E-state index in [-0.39, 0.29) is 5.91 Å². The van der Waals surface area contributed by atoms with Crippen LogP contribution in [-0.2, 0) is 17.8 Å². The SMILES string of the molecule is Cc1ccccc1CNC(=O)Cc1csc2nc(-c3ccccc3)cn12. The number of aryl methyl sites for hydroxylation is 1. The Balaban J connectivity index is 1.48. The first-order valence-electron chi connectivity index (χ1n) is 8.53. The number of rotatable bonds is 5. The lowest BCUT2D eigenvalue weighted by molar-refractivity contribution is -0.120. The fourth-order valence-electron chi connectivity index (χ4n) is 2.93. The van der Waals surface area contributed by atoms with Crippen LogP contribution in [0.5, 0.6) is 0 Å². The van der Waals surface area contributed by atoms with E-state index in [1.54, 1.807) is 11.3 Å². The van der Waals surface area contributed by atoms with Crippen molar-refractivity contribution in [1.29, 1.82) is 0 Å². The number of aromatic nitrogens is 2. The van der Waals surface area contributed by atoms with Crippen molar-refractivity contribution in [2.45, 2.75) is 19.9 Å². The van der Waals surface area contributed by atoms with Gasteiger partial charge in [-0.25, -0.2) is 4.98 Å². The van der Waals surface area contributed by atoms with Crippen molar-refractivity contribution in [2.24, 2.45) is 0 Å². The first-order valence-corrected chi connectivity index (χ1v) is 9.41. The maximum absolute atomic E-state index is 12.4. The molecule has 0 atom stereocenters. The molecule has 0 aliphatic rings. The molecule has 4 nitrogen and oxygen atoms in total. The molecule has 0 radical (unpaired) electrons. The Morgan fingerprint density at radius 2 is 1.88 bits per heavy atom. The summed E-state index contributed by atoms with van der Waals surface area (Å²) >= 11 is 1.56. The van der Waals surface area contributed by atoms with Gasteiger partial charge >= 0.3 is 0 Å². The quantitative estimate of drug-likeness (QED) is 0.578. The number of hydrogen-bond acceptors (Lipinski definition) is 3. The normalized spacial score (nSPS) is 11.0. The predicted molar refractivity (Wildman–Crippen MR) is 105 cm³/mol. The van der Waals surface area contributed by atoms with Gasteiger partial charge in [0, 0.05) is 29.4 Å². The summed E-state index contributed by atoms with van der Waals surface area (Å²) in [6.45, 7) is 2.61. The summed E-state index contributed by atoms with van der Waals surface area (Å²) in [6.07, 6.45) is 2.35. The van der Waals surface area contributed by atoms with Crippen molar-refractivity contribution in [3.63, 3.8) is 0 Å². The molecule has 1 amide bonds. The van der Waals surface area contributed by atoms with Crippen molar-refractivity contribution in [3.05, 3.63) is 83.0 Å². The van der Waals surface area contributed by atoms with E-state index in [9.17, 15) is 4.79 Å². The number of fused-ring (bicyclic) bond motifs is 1. The van der Waals surface area contributed by atoms with E-state index >= 15 is 0 Å². The molecule has 2 heterocycles. The van der Waals surface area contributed by atoms with Crippen LogP contribution in [0.15, 0.2) is 66.2 Å². The Hall–Kier alpha value is -2.92. The smallest absolute Gasteiger partial charge is 0.226 e. The third-order valence-electron chi connectivity index (χ3n) is 4.43. The molecular formula is C21H19N3OS. The largest absolute Gasteiger partial charge is 0.352 e. The summed E-state index contributed by atoms with van der Waals surface area (Å²) in [4.78, 5) is 17.9. The fourth-order valence-corrected chi connectivity index (χ4v) is 3.81. The van der Waals surface area contributed by atoms with Crippen molar-refractivity contribution >= 4 is 22.2 Å². The summed E-state index contributed by atoms with van der Waals surface area (Å²) in [5, 5.41) is 5.02. The van der Waals surface area contributed by atoms with E-state index in [1.165, 1.54) is 5.56 Å². The Morgan fingerprint density at radius 3 is 2.69 bits per heavy atom. The van der Waals surface area contributed by atoms with E-state index in [0.29, 0.717) is 13.0 Å². The third kappa shape index (κ3) is 3.39. The minimum atomic E-state index is 0.0166. The molecule has 26 heavy (non-hydrogen) atoms. The molecule has 2 aromatic heterocycles. The van der Waals surface area contributed by atoms with Crippen LogP contribution in [0.3, 0.4) is 0 Å². The standard InChI is InChI=1S/C21H19N3OS/c1-15-7-5-6-10-17(15)12-22-20(25)11-18-14-26-21-23-19(13-24(18)21)16-8-3-2-4-9-16/h2-10,13-14H,11-12H2,1H3,(H,22,25). The predicted octanol–water partition coefficient (Wildman–Crippen LogP) is 4.23. The van der Waals surface area contributed by atoms with Crippen molar-refractivity contribution < 1.29 is 4.79 Å². The monoisotopic (exact) mass is 361 g/mol. The van der Waals surface area contributed by atoms with Crippen molar-refractivity contribution in [3.8, 4) is 11.3 Å². The molecule has 0 aliphatic carbocycles. The van der Waals surface area contributed by atoms with Crippen LogP contribution in [0, 0.1) is 6.92 Å². The number of imidazole rings is 1. The van der Waals surface area contributed by atoms with E-state index < -0.39 is 0 Å². The Labute approximate surface area is 156 Å². The minimum absolute atomic E-state index is 0.0166.